The quantitative estimate of drug-likeness (QED) is 0.167. The number of rotatable bonds is 6. The highest BCUT2D eigenvalue weighted by Crippen LogP contribution is 2.54. The van der Waals surface area contributed by atoms with E-state index in [-0.39, 0.29) is 10.8 Å². The molecule has 65 heavy (non-hydrogen) atoms. The van der Waals surface area contributed by atoms with E-state index in [1.54, 1.807) is 6.33 Å². The predicted molar refractivity (Wildman–Crippen MR) is 269 cm³/mol. The van der Waals surface area contributed by atoms with E-state index in [0.717, 1.165) is 56.6 Å². The molecule has 1 aliphatic carbocycles. The number of fused-ring (bicyclic) bond motifs is 6. The lowest BCUT2D eigenvalue weighted by molar-refractivity contribution is 0.516. The third-order valence-corrected chi connectivity index (χ3v) is 14.2. The van der Waals surface area contributed by atoms with Crippen LogP contribution in [-0.2, 0) is 16.4 Å². The molecule has 2 aliphatic heterocycles. The normalized spacial score (nSPS) is 15.7. The summed E-state index contributed by atoms with van der Waals surface area (Å²) in [5, 5.41) is 2.34. The van der Waals surface area contributed by atoms with Gasteiger partial charge >= 0.3 is 0 Å². The lowest BCUT2D eigenvalue weighted by Crippen LogP contribution is -2.44. The Balaban J connectivity index is 0.899. The molecule has 0 saturated carbocycles. The predicted octanol–water partition coefficient (Wildman–Crippen LogP) is 15.2. The Bertz CT molecular complexity index is 3400. The summed E-state index contributed by atoms with van der Waals surface area (Å²) in [5.74, 6) is 0.916. The Morgan fingerprint density at radius 1 is 0.415 bits per heavy atom. The summed E-state index contributed by atoms with van der Waals surface area (Å²) >= 11 is 0. The van der Waals surface area contributed by atoms with Crippen molar-refractivity contribution >= 4 is 45.0 Å². The molecule has 0 radical (unpaired) electrons. The van der Waals surface area contributed by atoms with Gasteiger partial charge in [0.25, 0.3) is 0 Å². The van der Waals surface area contributed by atoms with Crippen molar-refractivity contribution in [2.24, 2.45) is 4.99 Å². The summed E-state index contributed by atoms with van der Waals surface area (Å²) in [6, 6.07) is 66.7. The minimum atomic E-state index is -0.531. The van der Waals surface area contributed by atoms with Gasteiger partial charge in [-0.1, -0.05) is 141 Å². The summed E-state index contributed by atoms with van der Waals surface area (Å²) in [4.78, 5) is 19.9. The van der Waals surface area contributed by atoms with Crippen molar-refractivity contribution in [3.05, 3.63) is 222 Å². The molecule has 0 spiro atoms. The molecule has 0 fully saturated rings. The van der Waals surface area contributed by atoms with E-state index >= 15 is 0 Å². The highest BCUT2D eigenvalue weighted by atomic mass is 15.3. The fraction of sp³-hybridized carbons (Fsp3) is 0.150. The summed E-state index contributed by atoms with van der Waals surface area (Å²) in [6.07, 6.45) is 1.71. The maximum Gasteiger partial charge on any atom is 0.141 e. The molecule has 8 aromatic carbocycles. The van der Waals surface area contributed by atoms with Crippen LogP contribution in [0.1, 0.15) is 75.2 Å². The fourth-order valence-corrected chi connectivity index (χ4v) is 10.8. The average molecular weight is 840 g/mol. The van der Waals surface area contributed by atoms with Crippen molar-refractivity contribution in [3.8, 4) is 33.4 Å². The highest BCUT2D eigenvalue weighted by Gasteiger charge is 2.46. The smallest absolute Gasteiger partial charge is 0.141 e. The zero-order valence-corrected chi connectivity index (χ0v) is 37.6. The second-order valence-corrected chi connectivity index (χ2v) is 19.4. The molecule has 0 atom stereocenters. The summed E-state index contributed by atoms with van der Waals surface area (Å²) in [6.45, 7) is 13.5. The van der Waals surface area contributed by atoms with E-state index in [0.29, 0.717) is 0 Å². The Hall–Kier alpha value is -7.63. The van der Waals surface area contributed by atoms with Crippen LogP contribution in [0.25, 0.3) is 44.2 Å². The van der Waals surface area contributed by atoms with Gasteiger partial charge < -0.3 is 4.90 Å². The molecule has 3 heterocycles. The number of amidine groups is 1. The van der Waals surface area contributed by atoms with E-state index < -0.39 is 5.54 Å². The lowest BCUT2D eigenvalue weighted by Gasteiger charge is -2.46. The monoisotopic (exact) mass is 839 g/mol. The van der Waals surface area contributed by atoms with Gasteiger partial charge in [-0.3, -0.25) is 9.89 Å². The standard InChI is InChI=1S/C60H49N5/c1-58(2)50-17-11-10-16-48(50)49-33-32-47(36-52(49)58)64(45-28-24-39(25-29-45)38-14-8-7-9-15-38)46-30-26-40(27-31-46)41-20-21-43-35-44(23-22-42(43)34-41)57-63-60(5,6)56-54-55(61-37-62-56)59(3,4)51-18-12-13-19-53(51)65(54)57/h7-37H,1-6H3. The molecule has 12 rings (SSSR count). The lowest BCUT2D eigenvalue weighted by atomic mass is 9.74. The minimum absolute atomic E-state index is 0.105. The summed E-state index contributed by atoms with van der Waals surface area (Å²) in [7, 11) is 0. The van der Waals surface area contributed by atoms with Crippen LogP contribution in [0.4, 0.5) is 28.4 Å². The van der Waals surface area contributed by atoms with E-state index in [1.807, 2.05) is 0 Å². The highest BCUT2D eigenvalue weighted by molar-refractivity contribution is 6.18. The van der Waals surface area contributed by atoms with Crippen molar-refractivity contribution in [1.82, 2.24) is 9.97 Å². The van der Waals surface area contributed by atoms with Gasteiger partial charge in [-0.15, -0.1) is 0 Å². The summed E-state index contributed by atoms with van der Waals surface area (Å²) in [5.41, 5.74) is 19.0. The number of para-hydroxylation sites is 1. The number of aliphatic imine (C=N–C) groups is 1. The third kappa shape index (κ3) is 6.02. The summed E-state index contributed by atoms with van der Waals surface area (Å²) < 4.78 is 0. The third-order valence-electron chi connectivity index (χ3n) is 14.2. The number of benzene rings is 8. The van der Waals surface area contributed by atoms with Crippen LogP contribution in [0, 0.1) is 0 Å². The molecule has 0 amide bonds. The maximum atomic E-state index is 5.44. The van der Waals surface area contributed by atoms with Gasteiger partial charge in [0.2, 0.25) is 0 Å². The number of aromatic nitrogens is 2. The number of anilines is 5. The van der Waals surface area contributed by atoms with Crippen molar-refractivity contribution in [2.75, 3.05) is 9.80 Å². The van der Waals surface area contributed by atoms with Crippen molar-refractivity contribution in [1.29, 1.82) is 0 Å². The van der Waals surface area contributed by atoms with Gasteiger partial charge in [0, 0.05) is 33.5 Å². The van der Waals surface area contributed by atoms with Crippen LogP contribution in [0.3, 0.4) is 0 Å². The Kier molecular flexibility index (Phi) is 8.51. The van der Waals surface area contributed by atoms with Crippen LogP contribution in [0.5, 0.6) is 0 Å². The van der Waals surface area contributed by atoms with Crippen LogP contribution in [0.15, 0.2) is 193 Å². The van der Waals surface area contributed by atoms with Crippen molar-refractivity contribution < 1.29 is 0 Å². The van der Waals surface area contributed by atoms with E-state index in [4.69, 9.17) is 15.0 Å². The second kappa shape index (κ2) is 14.2. The second-order valence-electron chi connectivity index (χ2n) is 19.4. The first-order chi connectivity index (χ1) is 31.5. The van der Waals surface area contributed by atoms with Gasteiger partial charge in [0.05, 0.1) is 22.8 Å². The SMILES string of the molecule is CC1(C)N=C(c2ccc3cc(-c4ccc(N(c5ccc(-c6ccccc6)cc5)c5ccc6c(c5)C(C)(C)c5ccccc5-6)cc4)ccc3c2)N2c3ccccc3C(C)(C)c3ncnc1c32. The molecule has 5 nitrogen and oxygen atoms in total. The van der Waals surface area contributed by atoms with Crippen molar-refractivity contribution in [2.45, 2.75) is 57.9 Å². The zero-order valence-electron chi connectivity index (χ0n) is 37.6. The molecule has 9 aromatic rings. The van der Waals surface area contributed by atoms with Crippen molar-refractivity contribution in [3.63, 3.8) is 0 Å². The van der Waals surface area contributed by atoms with Gasteiger partial charge in [-0.25, -0.2) is 9.97 Å². The maximum absolute atomic E-state index is 5.44. The largest absolute Gasteiger partial charge is 0.310 e. The zero-order chi connectivity index (χ0) is 44.2. The molecule has 314 valence electrons. The van der Waals surface area contributed by atoms with Crippen LogP contribution < -0.4 is 9.80 Å². The Labute approximate surface area is 381 Å². The molecular formula is C60H49N5. The van der Waals surface area contributed by atoms with E-state index in [9.17, 15) is 0 Å². The molecule has 0 N–H and O–H groups in total. The van der Waals surface area contributed by atoms with Gasteiger partial charge in [-0.05, 0) is 143 Å². The van der Waals surface area contributed by atoms with Gasteiger partial charge in [0.1, 0.15) is 17.7 Å². The van der Waals surface area contributed by atoms with Crippen LogP contribution in [-0.4, -0.2) is 15.8 Å². The molecular weight excluding hydrogens is 791 g/mol. The van der Waals surface area contributed by atoms with E-state index in [2.05, 4.69) is 233 Å². The van der Waals surface area contributed by atoms with Crippen LogP contribution in [0.2, 0.25) is 0 Å². The molecule has 0 bridgehead atoms. The molecule has 3 aliphatic rings. The Morgan fingerprint density at radius 3 is 1.68 bits per heavy atom. The Morgan fingerprint density at radius 2 is 0.954 bits per heavy atom. The average Bonchev–Trinajstić information content (AvgIpc) is 3.56. The van der Waals surface area contributed by atoms with E-state index in [1.165, 1.54) is 55.5 Å². The minimum Gasteiger partial charge on any atom is -0.310 e. The van der Waals surface area contributed by atoms with Gasteiger partial charge in [0.15, 0.2) is 0 Å². The van der Waals surface area contributed by atoms with Gasteiger partial charge in [-0.2, -0.15) is 0 Å². The molecule has 0 saturated heterocycles. The first-order valence-electron chi connectivity index (χ1n) is 22.7. The molecule has 1 aromatic heterocycles. The molecule has 0 unspecified atom stereocenters. The number of hydrogen-bond donors (Lipinski definition) is 0. The van der Waals surface area contributed by atoms with Crippen LogP contribution >= 0.6 is 0 Å². The number of nitrogens with zero attached hydrogens (tertiary/aromatic N) is 5. The molecule has 5 heteroatoms. The fourth-order valence-electron chi connectivity index (χ4n) is 10.8. The first-order valence-corrected chi connectivity index (χ1v) is 22.7. The number of hydrogen-bond acceptors (Lipinski definition) is 5. The topological polar surface area (TPSA) is 44.6 Å². The first kappa shape index (κ1) is 39.0.